The summed E-state index contributed by atoms with van der Waals surface area (Å²) in [5.74, 6) is 1.04. The normalized spacial score (nSPS) is 13.8. The monoisotopic (exact) mass is 331 g/mol. The molecule has 0 radical (unpaired) electrons. The van der Waals surface area contributed by atoms with Gasteiger partial charge in [0.1, 0.15) is 0 Å². The summed E-state index contributed by atoms with van der Waals surface area (Å²) in [5, 5.41) is 0. The zero-order valence-corrected chi connectivity index (χ0v) is 14.8. The molecule has 0 aliphatic heterocycles. The summed E-state index contributed by atoms with van der Waals surface area (Å²) in [7, 11) is 1.54. The maximum Gasteiger partial charge on any atom is 0.230 e. The molecule has 0 bridgehead atoms. The molecule has 1 amide bonds. The van der Waals surface area contributed by atoms with E-state index in [1.165, 1.54) is 14.0 Å². The highest BCUT2D eigenvalue weighted by molar-refractivity contribution is 6.06. The number of carbonyl (C=O) groups is 2. The third kappa shape index (κ3) is 3.96. The molecule has 0 spiro atoms. The highest BCUT2D eigenvalue weighted by Gasteiger charge is 2.35. The lowest BCUT2D eigenvalue weighted by molar-refractivity contribution is -0.119. The third-order valence-corrected chi connectivity index (χ3v) is 3.97. The average molecular weight is 331 g/mol. The Morgan fingerprint density at radius 3 is 2.50 bits per heavy atom. The molecule has 0 N–H and O–H groups in total. The number of benzene rings is 1. The molecular formula is C19H25NO4. The third-order valence-electron chi connectivity index (χ3n) is 3.97. The molecule has 1 aromatic rings. The molecule has 0 unspecified atom stereocenters. The Bertz CT molecular complexity index is 647. The summed E-state index contributed by atoms with van der Waals surface area (Å²) in [5.41, 5.74) is 1.05. The molecule has 1 fully saturated rings. The van der Waals surface area contributed by atoms with Crippen LogP contribution >= 0.6 is 0 Å². The number of amides is 1. The van der Waals surface area contributed by atoms with Gasteiger partial charge in [0.2, 0.25) is 5.91 Å². The lowest BCUT2D eigenvalue weighted by Gasteiger charge is -2.25. The minimum atomic E-state index is -0.111. The Kier molecular flexibility index (Phi) is 6.01. The largest absolute Gasteiger partial charge is 0.493 e. The fourth-order valence-electron chi connectivity index (χ4n) is 2.55. The average Bonchev–Trinajstić information content (AvgIpc) is 3.40. The zero-order chi connectivity index (χ0) is 17.7. The van der Waals surface area contributed by atoms with Gasteiger partial charge in [0.15, 0.2) is 17.3 Å². The minimum absolute atomic E-state index is 0.0585. The number of hydrogen-bond acceptors (Lipinski definition) is 4. The van der Waals surface area contributed by atoms with Gasteiger partial charge in [0.25, 0.3) is 0 Å². The van der Waals surface area contributed by atoms with Crippen molar-refractivity contribution in [3.8, 4) is 11.5 Å². The van der Waals surface area contributed by atoms with E-state index in [4.69, 9.17) is 9.47 Å². The van der Waals surface area contributed by atoms with Crippen molar-refractivity contribution in [2.24, 2.45) is 5.92 Å². The summed E-state index contributed by atoms with van der Waals surface area (Å²) in [6.45, 7) is 6.19. The Hall–Kier alpha value is -2.30. The number of allylic oxidation sites excluding steroid dienone is 1. The summed E-state index contributed by atoms with van der Waals surface area (Å²) in [6, 6.07) is 3.40. The number of carbonyl (C=O) groups excluding carboxylic acids is 2. The maximum absolute atomic E-state index is 12.7. The van der Waals surface area contributed by atoms with Gasteiger partial charge < -0.3 is 14.4 Å². The molecule has 1 aliphatic rings. The Morgan fingerprint density at radius 2 is 2.00 bits per heavy atom. The van der Waals surface area contributed by atoms with E-state index in [-0.39, 0.29) is 17.6 Å². The Balaban J connectivity index is 2.54. The van der Waals surface area contributed by atoms with Crippen LogP contribution in [0, 0.1) is 5.92 Å². The number of rotatable bonds is 8. The van der Waals surface area contributed by atoms with Crippen molar-refractivity contribution in [3.63, 3.8) is 0 Å². The quantitative estimate of drug-likeness (QED) is 0.539. The van der Waals surface area contributed by atoms with Crippen molar-refractivity contribution in [1.82, 2.24) is 0 Å². The predicted octanol–water partition coefficient (Wildman–Crippen LogP) is 3.62. The lowest BCUT2D eigenvalue weighted by atomic mass is 10.1. The SMILES string of the molecule is CC=CCN(C(=O)C1CC1)c1cc(OCC)c(OC)cc1C(C)=O. The second-order valence-corrected chi connectivity index (χ2v) is 5.80. The molecule has 1 saturated carbocycles. The van der Waals surface area contributed by atoms with Crippen molar-refractivity contribution >= 4 is 17.4 Å². The highest BCUT2D eigenvalue weighted by Crippen LogP contribution is 2.38. The number of ketones is 1. The van der Waals surface area contributed by atoms with Crippen molar-refractivity contribution in [3.05, 3.63) is 29.8 Å². The van der Waals surface area contributed by atoms with Crippen molar-refractivity contribution in [1.29, 1.82) is 0 Å². The van der Waals surface area contributed by atoms with Crippen LogP contribution < -0.4 is 14.4 Å². The standard InChI is InChI=1S/C19H25NO4/c1-5-7-10-20(19(22)14-8-9-14)16-12-18(24-6-2)17(23-4)11-15(16)13(3)21/h5,7,11-12,14H,6,8-10H2,1-4H3. The van der Waals surface area contributed by atoms with E-state index < -0.39 is 0 Å². The second kappa shape index (κ2) is 7.99. The van der Waals surface area contributed by atoms with E-state index in [1.807, 2.05) is 26.0 Å². The number of anilines is 1. The topological polar surface area (TPSA) is 55.8 Å². The molecule has 0 saturated heterocycles. The molecule has 0 atom stereocenters. The summed E-state index contributed by atoms with van der Waals surface area (Å²) in [4.78, 5) is 26.5. The van der Waals surface area contributed by atoms with Gasteiger partial charge >= 0.3 is 0 Å². The van der Waals surface area contributed by atoms with Crippen LogP contribution in [0.25, 0.3) is 0 Å². The van der Waals surface area contributed by atoms with Gasteiger partial charge in [-0.1, -0.05) is 12.2 Å². The zero-order valence-electron chi connectivity index (χ0n) is 14.8. The molecular weight excluding hydrogens is 306 g/mol. The summed E-state index contributed by atoms with van der Waals surface area (Å²) in [6.07, 6.45) is 5.63. The number of hydrogen-bond donors (Lipinski definition) is 0. The van der Waals surface area contributed by atoms with Crippen molar-refractivity contribution in [2.75, 3.05) is 25.2 Å². The van der Waals surface area contributed by atoms with Gasteiger partial charge in [-0.25, -0.2) is 0 Å². The van der Waals surface area contributed by atoms with Crippen LogP contribution in [-0.4, -0.2) is 32.0 Å². The molecule has 5 heteroatoms. The first-order valence-corrected chi connectivity index (χ1v) is 8.31. The van der Waals surface area contributed by atoms with Gasteiger partial charge in [-0.05, 0) is 39.7 Å². The fraction of sp³-hybridized carbons (Fsp3) is 0.474. The molecule has 1 aromatic carbocycles. The number of methoxy groups -OCH3 is 1. The van der Waals surface area contributed by atoms with Gasteiger partial charge in [-0.3, -0.25) is 9.59 Å². The highest BCUT2D eigenvalue weighted by atomic mass is 16.5. The van der Waals surface area contributed by atoms with E-state index in [2.05, 4.69) is 0 Å². The number of nitrogens with zero attached hydrogens (tertiary/aromatic N) is 1. The molecule has 5 nitrogen and oxygen atoms in total. The van der Waals surface area contributed by atoms with Crippen LogP contribution in [0.4, 0.5) is 5.69 Å². The second-order valence-electron chi connectivity index (χ2n) is 5.80. The van der Waals surface area contributed by atoms with Gasteiger partial charge in [0, 0.05) is 24.1 Å². The summed E-state index contributed by atoms with van der Waals surface area (Å²) < 4.78 is 11.0. The van der Waals surface area contributed by atoms with E-state index in [1.54, 1.807) is 17.0 Å². The predicted molar refractivity (Wildman–Crippen MR) is 94.1 cm³/mol. The molecule has 2 rings (SSSR count). The van der Waals surface area contributed by atoms with E-state index in [0.717, 1.165) is 12.8 Å². The van der Waals surface area contributed by atoms with Gasteiger partial charge in [0.05, 0.1) is 19.4 Å². The Labute approximate surface area is 143 Å². The minimum Gasteiger partial charge on any atom is -0.493 e. The first kappa shape index (κ1) is 18.0. The van der Waals surface area contributed by atoms with Crippen LogP contribution in [-0.2, 0) is 4.79 Å². The van der Waals surface area contributed by atoms with Gasteiger partial charge in [-0.15, -0.1) is 0 Å². The molecule has 1 aliphatic carbocycles. The van der Waals surface area contributed by atoms with E-state index in [9.17, 15) is 9.59 Å². The van der Waals surface area contributed by atoms with E-state index >= 15 is 0 Å². The van der Waals surface area contributed by atoms with Crippen molar-refractivity contribution in [2.45, 2.75) is 33.6 Å². The van der Waals surface area contributed by atoms with Crippen LogP contribution in [0.5, 0.6) is 11.5 Å². The van der Waals surface area contributed by atoms with Crippen LogP contribution in [0.15, 0.2) is 24.3 Å². The van der Waals surface area contributed by atoms with Crippen molar-refractivity contribution < 1.29 is 19.1 Å². The molecule has 130 valence electrons. The lowest BCUT2D eigenvalue weighted by Crippen LogP contribution is -2.33. The van der Waals surface area contributed by atoms with Crippen LogP contribution in [0.2, 0.25) is 0 Å². The fourth-order valence-corrected chi connectivity index (χ4v) is 2.55. The first-order chi connectivity index (χ1) is 11.5. The first-order valence-electron chi connectivity index (χ1n) is 8.31. The molecule has 24 heavy (non-hydrogen) atoms. The summed E-state index contributed by atoms with van der Waals surface area (Å²) >= 11 is 0. The molecule has 0 aromatic heterocycles. The molecule has 0 heterocycles. The number of Topliss-reactive ketones (excluding diaryl/α,β-unsaturated/α-hetero) is 1. The van der Waals surface area contributed by atoms with Crippen LogP contribution in [0.1, 0.15) is 44.0 Å². The maximum atomic E-state index is 12.7. The van der Waals surface area contributed by atoms with E-state index in [0.29, 0.717) is 35.9 Å². The van der Waals surface area contributed by atoms with Gasteiger partial charge in [-0.2, -0.15) is 0 Å². The number of ether oxygens (including phenoxy) is 2. The smallest absolute Gasteiger partial charge is 0.230 e. The Morgan fingerprint density at radius 1 is 1.29 bits per heavy atom. The van der Waals surface area contributed by atoms with Crippen LogP contribution in [0.3, 0.4) is 0 Å².